The van der Waals surface area contributed by atoms with Gasteiger partial charge in [-0.2, -0.15) is 17.4 Å². The van der Waals surface area contributed by atoms with E-state index in [0.717, 1.165) is 25.9 Å². The van der Waals surface area contributed by atoms with Crippen molar-refractivity contribution in [2.45, 2.75) is 51.6 Å². The highest BCUT2D eigenvalue weighted by Gasteiger charge is 2.38. The topological polar surface area (TPSA) is 52.7 Å². The average molecular weight is 275 g/mol. The average Bonchev–Trinajstić information content (AvgIpc) is 2.73. The lowest BCUT2D eigenvalue weighted by molar-refractivity contribution is 0.185. The molecule has 6 heteroatoms. The van der Waals surface area contributed by atoms with Gasteiger partial charge in [0.05, 0.1) is 0 Å². The van der Waals surface area contributed by atoms with Crippen LogP contribution in [0, 0.1) is 0 Å². The first-order valence-corrected chi connectivity index (χ1v) is 8.54. The van der Waals surface area contributed by atoms with Gasteiger partial charge in [0.15, 0.2) is 0 Å². The molecule has 2 saturated heterocycles. The third-order valence-electron chi connectivity index (χ3n) is 4.20. The lowest BCUT2D eigenvalue weighted by Crippen LogP contribution is -2.51. The largest absolute Gasteiger partial charge is 0.299 e. The van der Waals surface area contributed by atoms with Crippen LogP contribution in [0.2, 0.25) is 0 Å². The molecule has 0 radical (unpaired) electrons. The fourth-order valence-corrected chi connectivity index (χ4v) is 4.70. The van der Waals surface area contributed by atoms with Crippen LogP contribution in [-0.2, 0) is 10.2 Å². The Kier molecular flexibility index (Phi) is 4.64. The van der Waals surface area contributed by atoms with Gasteiger partial charge >= 0.3 is 0 Å². The monoisotopic (exact) mass is 275 g/mol. The Hall–Kier alpha value is -0.170. The van der Waals surface area contributed by atoms with Crippen LogP contribution in [0.3, 0.4) is 0 Å². The molecule has 0 aromatic heterocycles. The molecule has 2 rings (SSSR count). The van der Waals surface area contributed by atoms with E-state index in [9.17, 15) is 8.42 Å². The summed E-state index contributed by atoms with van der Waals surface area (Å²) < 4.78 is 28.9. The van der Waals surface area contributed by atoms with E-state index in [1.54, 1.807) is 0 Å². The molecule has 5 nitrogen and oxygen atoms in total. The Labute approximate surface area is 111 Å². The Morgan fingerprint density at radius 2 is 1.89 bits per heavy atom. The lowest BCUT2D eigenvalue weighted by Gasteiger charge is -2.33. The zero-order chi connectivity index (χ0) is 13.2. The summed E-state index contributed by atoms with van der Waals surface area (Å²) in [6.45, 7) is 7.00. The number of rotatable bonds is 5. The molecule has 2 heterocycles. The van der Waals surface area contributed by atoms with Crippen LogP contribution in [-0.4, -0.2) is 55.9 Å². The first-order valence-electron chi connectivity index (χ1n) is 7.10. The molecule has 0 spiro atoms. The van der Waals surface area contributed by atoms with Gasteiger partial charge < -0.3 is 0 Å². The standard InChI is InChI=1S/C12H25N3O2S/c1-3-15(4-2)18(16,17)13-11-8-10-14-9-6-5-7-12(11)14/h11-13H,3-10H2,1-2H3/t11-,12-/m1/s1. The SMILES string of the molecule is CCN(CC)S(=O)(=O)N[C@@H]1CCN2CCCC[C@H]12. The molecule has 0 bridgehead atoms. The summed E-state index contributed by atoms with van der Waals surface area (Å²) in [5, 5.41) is 0. The maximum Gasteiger partial charge on any atom is 0.279 e. The van der Waals surface area contributed by atoms with E-state index in [0.29, 0.717) is 19.1 Å². The quantitative estimate of drug-likeness (QED) is 0.807. The van der Waals surface area contributed by atoms with Crippen molar-refractivity contribution in [3.63, 3.8) is 0 Å². The van der Waals surface area contributed by atoms with Crippen LogP contribution < -0.4 is 4.72 Å². The summed E-state index contributed by atoms with van der Waals surface area (Å²) in [5.41, 5.74) is 0. The highest BCUT2D eigenvalue weighted by atomic mass is 32.2. The maximum absolute atomic E-state index is 12.2. The van der Waals surface area contributed by atoms with Crippen molar-refractivity contribution in [1.82, 2.24) is 13.9 Å². The van der Waals surface area contributed by atoms with E-state index in [2.05, 4.69) is 9.62 Å². The third-order valence-corrected chi connectivity index (χ3v) is 6.00. The van der Waals surface area contributed by atoms with Crippen LogP contribution >= 0.6 is 0 Å². The van der Waals surface area contributed by atoms with Crippen molar-refractivity contribution in [2.24, 2.45) is 0 Å². The zero-order valence-electron chi connectivity index (χ0n) is 11.4. The van der Waals surface area contributed by atoms with Gasteiger partial charge in [-0.3, -0.25) is 4.90 Å². The number of nitrogens with zero attached hydrogens (tertiary/aromatic N) is 2. The predicted octanol–water partition coefficient (Wildman–Crippen LogP) is 0.789. The fourth-order valence-electron chi connectivity index (χ4n) is 3.21. The second-order valence-corrected chi connectivity index (χ2v) is 6.90. The van der Waals surface area contributed by atoms with Crippen LogP contribution in [0.5, 0.6) is 0 Å². The lowest BCUT2D eigenvalue weighted by atomic mass is 10.00. The second-order valence-electron chi connectivity index (χ2n) is 5.20. The van der Waals surface area contributed by atoms with E-state index in [-0.39, 0.29) is 6.04 Å². The Balaban J connectivity index is 2.01. The molecule has 106 valence electrons. The van der Waals surface area contributed by atoms with Gasteiger partial charge in [-0.1, -0.05) is 20.3 Å². The van der Waals surface area contributed by atoms with E-state index in [4.69, 9.17) is 0 Å². The normalized spacial score (nSPS) is 29.7. The number of hydrogen-bond acceptors (Lipinski definition) is 3. The molecular weight excluding hydrogens is 250 g/mol. The number of fused-ring (bicyclic) bond motifs is 1. The van der Waals surface area contributed by atoms with Gasteiger partial charge in [0, 0.05) is 31.7 Å². The molecule has 1 N–H and O–H groups in total. The number of piperidine rings is 1. The molecule has 2 aliphatic heterocycles. The van der Waals surface area contributed by atoms with E-state index in [1.807, 2.05) is 13.8 Å². The van der Waals surface area contributed by atoms with Crippen LogP contribution in [0.4, 0.5) is 0 Å². The summed E-state index contributed by atoms with van der Waals surface area (Å²) in [4.78, 5) is 2.44. The summed E-state index contributed by atoms with van der Waals surface area (Å²) in [7, 11) is -3.30. The fraction of sp³-hybridized carbons (Fsp3) is 1.00. The molecule has 18 heavy (non-hydrogen) atoms. The highest BCUT2D eigenvalue weighted by Crippen LogP contribution is 2.27. The molecule has 2 fully saturated rings. The molecule has 0 saturated carbocycles. The molecule has 2 aliphatic rings. The molecule has 2 atom stereocenters. The van der Waals surface area contributed by atoms with Gasteiger partial charge in [-0.05, 0) is 25.8 Å². The Morgan fingerprint density at radius 1 is 1.17 bits per heavy atom. The zero-order valence-corrected chi connectivity index (χ0v) is 12.2. The van der Waals surface area contributed by atoms with Gasteiger partial charge in [-0.15, -0.1) is 0 Å². The van der Waals surface area contributed by atoms with E-state index < -0.39 is 10.2 Å². The molecule has 0 aromatic carbocycles. The number of hydrogen-bond donors (Lipinski definition) is 1. The predicted molar refractivity (Wildman–Crippen MR) is 72.6 cm³/mol. The molecule has 0 unspecified atom stereocenters. The molecule has 0 aromatic rings. The van der Waals surface area contributed by atoms with E-state index >= 15 is 0 Å². The van der Waals surface area contributed by atoms with Gasteiger partial charge in [0.1, 0.15) is 0 Å². The minimum Gasteiger partial charge on any atom is -0.299 e. The summed E-state index contributed by atoms with van der Waals surface area (Å²) in [6.07, 6.45) is 4.56. The minimum atomic E-state index is -3.30. The van der Waals surface area contributed by atoms with Crippen LogP contribution in [0.15, 0.2) is 0 Å². The maximum atomic E-state index is 12.2. The van der Waals surface area contributed by atoms with Gasteiger partial charge in [0.25, 0.3) is 10.2 Å². The smallest absolute Gasteiger partial charge is 0.279 e. The minimum absolute atomic E-state index is 0.107. The second kappa shape index (κ2) is 5.86. The van der Waals surface area contributed by atoms with Crippen molar-refractivity contribution in [2.75, 3.05) is 26.2 Å². The van der Waals surface area contributed by atoms with Crippen molar-refractivity contribution >= 4 is 10.2 Å². The van der Waals surface area contributed by atoms with Crippen molar-refractivity contribution < 1.29 is 8.42 Å². The van der Waals surface area contributed by atoms with E-state index in [1.165, 1.54) is 17.1 Å². The summed E-state index contributed by atoms with van der Waals surface area (Å²) in [5.74, 6) is 0. The van der Waals surface area contributed by atoms with Gasteiger partial charge in [0.2, 0.25) is 0 Å². The Bertz CT molecular complexity index is 368. The molecule has 0 amide bonds. The molecule has 0 aliphatic carbocycles. The first-order chi connectivity index (χ1) is 8.58. The molecular formula is C12H25N3O2S. The van der Waals surface area contributed by atoms with Crippen LogP contribution in [0.25, 0.3) is 0 Å². The van der Waals surface area contributed by atoms with Gasteiger partial charge in [-0.25, -0.2) is 0 Å². The first kappa shape index (κ1) is 14.2. The van der Waals surface area contributed by atoms with Crippen molar-refractivity contribution in [3.05, 3.63) is 0 Å². The van der Waals surface area contributed by atoms with Crippen molar-refractivity contribution in [1.29, 1.82) is 0 Å². The number of nitrogens with one attached hydrogen (secondary N) is 1. The Morgan fingerprint density at radius 3 is 2.56 bits per heavy atom. The van der Waals surface area contributed by atoms with Crippen LogP contribution in [0.1, 0.15) is 39.5 Å². The summed E-state index contributed by atoms with van der Waals surface area (Å²) >= 11 is 0. The van der Waals surface area contributed by atoms with Crippen molar-refractivity contribution in [3.8, 4) is 0 Å². The summed E-state index contributed by atoms with van der Waals surface area (Å²) in [6, 6.07) is 0.528. The highest BCUT2D eigenvalue weighted by molar-refractivity contribution is 7.87. The third kappa shape index (κ3) is 2.87.